The number of esters is 1. The van der Waals surface area contributed by atoms with Gasteiger partial charge in [0.15, 0.2) is 0 Å². The first kappa shape index (κ1) is 22.4. The molecule has 31 heavy (non-hydrogen) atoms. The molecule has 2 aliphatic heterocycles. The van der Waals surface area contributed by atoms with E-state index in [1.165, 1.54) is 55.0 Å². The van der Waals surface area contributed by atoms with Gasteiger partial charge in [-0.3, -0.25) is 0 Å². The first-order valence-corrected chi connectivity index (χ1v) is 10.5. The highest BCUT2D eigenvalue weighted by Gasteiger charge is 2.68. The molecular formula is C24H26BrF2NO3. The van der Waals surface area contributed by atoms with Gasteiger partial charge in [0, 0.05) is 24.7 Å². The summed E-state index contributed by atoms with van der Waals surface area (Å²) in [5.74, 6) is -0.331. The summed E-state index contributed by atoms with van der Waals surface area (Å²) >= 11 is 0. The zero-order valence-electron chi connectivity index (χ0n) is 17.5. The predicted molar refractivity (Wildman–Crippen MR) is 106 cm³/mol. The summed E-state index contributed by atoms with van der Waals surface area (Å²) in [6, 6.07) is 11.1. The maximum Gasteiger partial charge on any atom is 0.347 e. The number of quaternary nitrogens is 1. The van der Waals surface area contributed by atoms with Gasteiger partial charge in [-0.15, -0.1) is 0 Å². The van der Waals surface area contributed by atoms with Gasteiger partial charge in [0.05, 0.1) is 26.2 Å². The lowest BCUT2D eigenvalue weighted by molar-refractivity contribution is -0.937. The first-order valence-electron chi connectivity index (χ1n) is 10.5. The molecule has 0 amide bonds. The summed E-state index contributed by atoms with van der Waals surface area (Å²) in [4.78, 5) is 13.3. The van der Waals surface area contributed by atoms with E-state index in [0.717, 1.165) is 17.3 Å². The minimum Gasteiger partial charge on any atom is -1.00 e. The Balaban J connectivity index is 0.00000231. The molecule has 0 radical (unpaired) electrons. The smallest absolute Gasteiger partial charge is 0.347 e. The van der Waals surface area contributed by atoms with E-state index in [2.05, 4.69) is 14.1 Å². The minimum atomic E-state index is -2.13. The average Bonchev–Trinajstić information content (AvgIpc) is 3.47. The van der Waals surface area contributed by atoms with E-state index in [9.17, 15) is 18.7 Å². The third-order valence-corrected chi connectivity index (χ3v) is 7.69. The Bertz CT molecular complexity index is 914. The van der Waals surface area contributed by atoms with Crippen molar-refractivity contribution >= 4 is 5.97 Å². The molecule has 1 N–H and O–H groups in total. The van der Waals surface area contributed by atoms with Crippen molar-refractivity contribution in [1.82, 2.24) is 0 Å². The fourth-order valence-corrected chi connectivity index (χ4v) is 6.00. The van der Waals surface area contributed by atoms with Crippen LogP contribution in [0.4, 0.5) is 8.78 Å². The Morgan fingerprint density at radius 1 is 0.903 bits per heavy atom. The Kier molecular flexibility index (Phi) is 5.51. The first-order chi connectivity index (χ1) is 14.2. The van der Waals surface area contributed by atoms with Crippen molar-refractivity contribution < 1.29 is 44.9 Å². The largest absolute Gasteiger partial charge is 1.00 e. The molecule has 5 atom stereocenters. The number of carbonyl (C=O) groups excluding carboxylic acids is 1. The monoisotopic (exact) mass is 493 g/mol. The van der Waals surface area contributed by atoms with Gasteiger partial charge in [0.2, 0.25) is 5.60 Å². The molecule has 0 aromatic heterocycles. The summed E-state index contributed by atoms with van der Waals surface area (Å²) in [7, 11) is 4.51. The van der Waals surface area contributed by atoms with Crippen molar-refractivity contribution in [2.75, 3.05) is 14.1 Å². The Labute approximate surface area is 191 Å². The van der Waals surface area contributed by atoms with Gasteiger partial charge in [0.1, 0.15) is 17.7 Å². The third kappa shape index (κ3) is 3.51. The van der Waals surface area contributed by atoms with Crippen molar-refractivity contribution in [3.8, 4) is 0 Å². The quantitative estimate of drug-likeness (QED) is 0.494. The molecule has 3 fully saturated rings. The van der Waals surface area contributed by atoms with E-state index < -0.39 is 23.2 Å². The van der Waals surface area contributed by atoms with Crippen LogP contribution in [0.3, 0.4) is 0 Å². The lowest BCUT2D eigenvalue weighted by atomic mass is 9.86. The normalized spacial score (nSPS) is 30.2. The Morgan fingerprint density at radius 2 is 1.32 bits per heavy atom. The predicted octanol–water partition coefficient (Wildman–Crippen LogP) is 0.374. The van der Waals surface area contributed by atoms with Gasteiger partial charge in [-0.05, 0) is 41.8 Å². The van der Waals surface area contributed by atoms with Crippen LogP contribution < -0.4 is 17.0 Å². The molecule has 3 aliphatic rings. The van der Waals surface area contributed by atoms with Crippen LogP contribution >= 0.6 is 0 Å². The van der Waals surface area contributed by atoms with Crippen molar-refractivity contribution in [2.24, 2.45) is 11.8 Å². The molecule has 5 rings (SSSR count). The van der Waals surface area contributed by atoms with Crippen LogP contribution in [0.5, 0.6) is 0 Å². The molecule has 7 heteroatoms. The SMILES string of the molecule is C[N+]1(C)[C@@H]2CC(OC(=O)C(O)(c3ccc(F)cc3)c3ccc(F)cc3)C[C@H]1[C@H]1C[C@H]12.[Br-]. The van der Waals surface area contributed by atoms with E-state index in [1.807, 2.05) is 0 Å². The van der Waals surface area contributed by atoms with E-state index in [-0.39, 0.29) is 34.2 Å². The average molecular weight is 494 g/mol. The van der Waals surface area contributed by atoms with Crippen LogP contribution in [-0.2, 0) is 15.1 Å². The summed E-state index contributed by atoms with van der Waals surface area (Å²) in [5, 5.41) is 11.5. The lowest BCUT2D eigenvalue weighted by Crippen LogP contribution is -3.00. The van der Waals surface area contributed by atoms with Crippen LogP contribution in [0.25, 0.3) is 0 Å². The fourth-order valence-electron chi connectivity index (χ4n) is 6.00. The number of carbonyl (C=O) groups is 1. The molecule has 166 valence electrons. The minimum absolute atomic E-state index is 0. The molecule has 1 aliphatic carbocycles. The zero-order chi connectivity index (χ0) is 21.3. The second-order valence-corrected chi connectivity index (χ2v) is 9.55. The molecule has 1 unspecified atom stereocenters. The van der Waals surface area contributed by atoms with Crippen LogP contribution in [0.15, 0.2) is 48.5 Å². The molecule has 1 saturated carbocycles. The molecule has 0 spiro atoms. The summed E-state index contributed by atoms with van der Waals surface area (Å²) in [5.41, 5.74) is -1.75. The zero-order valence-corrected chi connectivity index (χ0v) is 19.1. The second kappa shape index (κ2) is 7.64. The topological polar surface area (TPSA) is 46.5 Å². The van der Waals surface area contributed by atoms with E-state index in [0.29, 0.717) is 23.9 Å². The summed E-state index contributed by atoms with van der Waals surface area (Å²) < 4.78 is 33.8. The van der Waals surface area contributed by atoms with Crippen LogP contribution in [0.2, 0.25) is 0 Å². The number of benzene rings is 2. The molecule has 2 saturated heterocycles. The Hall–Kier alpha value is -1.83. The van der Waals surface area contributed by atoms with Gasteiger partial charge >= 0.3 is 5.97 Å². The van der Waals surface area contributed by atoms with Crippen LogP contribution in [0.1, 0.15) is 30.4 Å². The molecule has 2 aromatic rings. The number of hydrogen-bond acceptors (Lipinski definition) is 3. The van der Waals surface area contributed by atoms with Crippen LogP contribution in [0, 0.1) is 23.5 Å². The maximum atomic E-state index is 13.5. The number of piperidine rings is 2. The number of rotatable bonds is 4. The highest BCUT2D eigenvalue weighted by molar-refractivity contribution is 5.85. The molecule has 2 heterocycles. The van der Waals surface area contributed by atoms with Crippen LogP contribution in [-0.4, -0.2) is 47.8 Å². The van der Waals surface area contributed by atoms with Gasteiger partial charge in [-0.1, -0.05) is 24.3 Å². The number of halogens is 3. The molecule has 2 bridgehead atoms. The second-order valence-electron chi connectivity index (χ2n) is 9.55. The van der Waals surface area contributed by atoms with Gasteiger partial charge in [-0.25, -0.2) is 13.6 Å². The van der Waals surface area contributed by atoms with Crippen molar-refractivity contribution in [2.45, 2.75) is 43.1 Å². The van der Waals surface area contributed by atoms with E-state index in [1.54, 1.807) is 0 Å². The van der Waals surface area contributed by atoms with Crippen molar-refractivity contribution in [3.05, 3.63) is 71.3 Å². The maximum absolute atomic E-state index is 13.5. The highest BCUT2D eigenvalue weighted by atomic mass is 79.9. The highest BCUT2D eigenvalue weighted by Crippen LogP contribution is 2.61. The van der Waals surface area contributed by atoms with E-state index in [4.69, 9.17) is 4.74 Å². The lowest BCUT2D eigenvalue weighted by Gasteiger charge is -2.46. The molecule has 2 aromatic carbocycles. The molecular weight excluding hydrogens is 468 g/mol. The van der Waals surface area contributed by atoms with Gasteiger partial charge in [-0.2, -0.15) is 0 Å². The van der Waals surface area contributed by atoms with E-state index >= 15 is 0 Å². The number of aliphatic hydroxyl groups is 1. The van der Waals surface area contributed by atoms with Gasteiger partial charge in [0.25, 0.3) is 0 Å². The summed E-state index contributed by atoms with van der Waals surface area (Å²) in [6.45, 7) is 0. The number of nitrogens with zero attached hydrogens (tertiary/aromatic N) is 1. The number of ether oxygens (including phenoxy) is 1. The standard InChI is InChI=1S/C24H26F2NO3.BrH/c1-27(2)21-11-18(12-22(27)20-13-19(20)21)30-23(28)24(29,14-3-7-16(25)8-4-14)15-5-9-17(26)10-6-15;/h3-10,18-22,29H,11-13H2,1-2H3;1H/q+1;/p-1/t18?,19-,20+,21-,22+;. The summed E-state index contributed by atoms with van der Waals surface area (Å²) in [6.07, 6.45) is 2.56. The van der Waals surface area contributed by atoms with Crippen molar-refractivity contribution in [1.29, 1.82) is 0 Å². The fraction of sp³-hybridized carbons (Fsp3) is 0.458. The van der Waals surface area contributed by atoms with Crippen molar-refractivity contribution in [3.63, 3.8) is 0 Å². The third-order valence-electron chi connectivity index (χ3n) is 7.69. The Morgan fingerprint density at radius 3 is 1.74 bits per heavy atom. The number of fused-ring (bicyclic) bond motifs is 5. The number of hydrogen-bond donors (Lipinski definition) is 1. The molecule has 4 nitrogen and oxygen atoms in total. The van der Waals surface area contributed by atoms with Gasteiger partial charge < -0.3 is 31.3 Å².